The fourth-order valence-corrected chi connectivity index (χ4v) is 3.40. The number of esters is 1. The van der Waals surface area contributed by atoms with E-state index in [1.807, 2.05) is 12.1 Å². The van der Waals surface area contributed by atoms with Gasteiger partial charge in [-0.25, -0.2) is 13.2 Å². The van der Waals surface area contributed by atoms with Crippen LogP contribution in [-0.2, 0) is 19.3 Å². The lowest BCUT2D eigenvalue weighted by molar-refractivity contribution is 0.0606. The molecule has 20 heavy (non-hydrogen) atoms. The largest absolute Gasteiger partial charge is 0.465 e. The van der Waals surface area contributed by atoms with Gasteiger partial charge in [0.25, 0.3) is 0 Å². The first-order valence-corrected chi connectivity index (χ1v) is 8.69. The summed E-state index contributed by atoms with van der Waals surface area (Å²) in [7, 11) is -1.89. The molecular weight excluding hydrogens is 296 g/mol. The van der Waals surface area contributed by atoms with Crippen LogP contribution in [0.1, 0.15) is 29.1 Å². The van der Waals surface area contributed by atoms with Crippen molar-refractivity contribution >= 4 is 37.2 Å². The maximum atomic E-state index is 11.9. The molecule has 0 saturated heterocycles. The van der Waals surface area contributed by atoms with E-state index in [9.17, 15) is 13.2 Å². The van der Waals surface area contributed by atoms with E-state index in [1.54, 1.807) is 26.0 Å². The highest BCUT2D eigenvalue weighted by Gasteiger charge is 2.32. The van der Waals surface area contributed by atoms with Crippen LogP contribution in [0.2, 0.25) is 0 Å². The van der Waals surface area contributed by atoms with Crippen LogP contribution in [0.5, 0.6) is 0 Å². The average Bonchev–Trinajstić information content (AvgIpc) is 2.79. The van der Waals surface area contributed by atoms with E-state index in [-0.39, 0.29) is 5.97 Å². The summed E-state index contributed by atoms with van der Waals surface area (Å²) in [5, 5.41) is 0.906. The molecule has 0 bridgehead atoms. The van der Waals surface area contributed by atoms with Gasteiger partial charge < -0.3 is 4.74 Å². The van der Waals surface area contributed by atoms with Crippen molar-refractivity contribution in [1.82, 2.24) is 0 Å². The highest BCUT2D eigenvalue weighted by atomic mass is 32.2. The van der Waals surface area contributed by atoms with Gasteiger partial charge in [0.15, 0.2) is 9.84 Å². The summed E-state index contributed by atoms with van der Waals surface area (Å²) in [5.74, 6) is -0.380. The molecular formula is C14H16O4S2. The minimum absolute atomic E-state index is 0.380. The molecule has 0 aliphatic rings. The Morgan fingerprint density at radius 3 is 2.45 bits per heavy atom. The minimum atomic E-state index is -3.23. The molecule has 1 aromatic carbocycles. The van der Waals surface area contributed by atoms with Crippen LogP contribution in [-0.4, -0.2) is 27.8 Å². The van der Waals surface area contributed by atoms with E-state index in [0.717, 1.165) is 10.1 Å². The highest BCUT2D eigenvalue weighted by molar-refractivity contribution is 7.91. The number of thiophene rings is 1. The molecule has 1 aromatic heterocycles. The molecule has 0 spiro atoms. The summed E-state index contributed by atoms with van der Waals surface area (Å²) in [6.45, 7) is 3.36. The molecule has 0 amide bonds. The molecule has 0 saturated carbocycles. The number of hydrogen-bond donors (Lipinski definition) is 0. The summed E-state index contributed by atoms with van der Waals surface area (Å²) < 4.78 is 28.4. The zero-order valence-corrected chi connectivity index (χ0v) is 13.4. The van der Waals surface area contributed by atoms with Crippen LogP contribution < -0.4 is 0 Å². The molecule has 1 heterocycles. The average molecular weight is 312 g/mol. The lowest BCUT2D eigenvalue weighted by Crippen LogP contribution is -2.27. The van der Waals surface area contributed by atoms with E-state index in [0.29, 0.717) is 10.4 Å². The number of ether oxygens (including phenoxy) is 1. The number of methoxy groups -OCH3 is 1. The number of hydrogen-bond acceptors (Lipinski definition) is 5. The molecule has 2 aromatic rings. The quantitative estimate of drug-likeness (QED) is 0.818. The monoisotopic (exact) mass is 312 g/mol. The Morgan fingerprint density at radius 1 is 1.25 bits per heavy atom. The van der Waals surface area contributed by atoms with E-state index in [4.69, 9.17) is 4.74 Å². The minimum Gasteiger partial charge on any atom is -0.465 e. The molecule has 0 fully saturated rings. The van der Waals surface area contributed by atoms with Crippen molar-refractivity contribution in [2.75, 3.05) is 13.4 Å². The molecule has 0 N–H and O–H groups in total. The van der Waals surface area contributed by atoms with Crippen molar-refractivity contribution in [2.24, 2.45) is 0 Å². The Bertz CT molecular complexity index is 770. The molecule has 4 nitrogen and oxygen atoms in total. The van der Waals surface area contributed by atoms with Crippen LogP contribution in [0.4, 0.5) is 0 Å². The third-order valence-electron chi connectivity index (χ3n) is 3.53. The number of benzene rings is 1. The second-order valence-electron chi connectivity index (χ2n) is 5.14. The van der Waals surface area contributed by atoms with Gasteiger partial charge in [-0.1, -0.05) is 12.1 Å². The Labute approximate surface area is 122 Å². The molecule has 2 rings (SSSR count). The fraction of sp³-hybridized carbons (Fsp3) is 0.357. The highest BCUT2D eigenvalue weighted by Crippen LogP contribution is 2.34. The Balaban J connectivity index is 2.57. The summed E-state index contributed by atoms with van der Waals surface area (Å²) in [4.78, 5) is 12.0. The standard InChI is InChI=1S/C14H16O4S2/c1-14(2,20(4,16)17)10-6-5-9-7-12(13(15)18-3)19-11(9)8-10/h5-8H,1-4H3. The summed E-state index contributed by atoms with van der Waals surface area (Å²) >= 11 is 1.30. The van der Waals surface area contributed by atoms with Crippen LogP contribution in [0.25, 0.3) is 10.1 Å². The Morgan fingerprint density at radius 2 is 1.90 bits per heavy atom. The first kappa shape index (κ1) is 15.0. The van der Waals surface area contributed by atoms with Crippen molar-refractivity contribution in [1.29, 1.82) is 0 Å². The van der Waals surface area contributed by atoms with Crippen molar-refractivity contribution < 1.29 is 17.9 Å². The van der Waals surface area contributed by atoms with E-state index < -0.39 is 14.6 Å². The van der Waals surface area contributed by atoms with Gasteiger partial charge in [-0.15, -0.1) is 11.3 Å². The Kier molecular flexibility index (Phi) is 3.64. The molecule has 0 aliphatic heterocycles. The summed E-state index contributed by atoms with van der Waals surface area (Å²) in [6, 6.07) is 7.20. The molecule has 0 radical (unpaired) electrons. The maximum absolute atomic E-state index is 11.9. The molecule has 0 unspecified atom stereocenters. The number of sulfone groups is 1. The summed E-state index contributed by atoms with van der Waals surface area (Å²) in [6.07, 6.45) is 1.23. The van der Waals surface area contributed by atoms with Crippen LogP contribution in [0.3, 0.4) is 0 Å². The third-order valence-corrected chi connectivity index (χ3v) is 6.70. The lowest BCUT2D eigenvalue weighted by Gasteiger charge is -2.23. The van der Waals surface area contributed by atoms with Crippen molar-refractivity contribution in [3.8, 4) is 0 Å². The molecule has 108 valence electrons. The van der Waals surface area contributed by atoms with E-state index >= 15 is 0 Å². The Hall–Kier alpha value is -1.40. The maximum Gasteiger partial charge on any atom is 0.348 e. The van der Waals surface area contributed by atoms with Gasteiger partial charge in [0.2, 0.25) is 0 Å². The normalized spacial score (nSPS) is 12.6. The van der Waals surface area contributed by atoms with Gasteiger partial charge in [0.1, 0.15) is 4.88 Å². The van der Waals surface area contributed by atoms with Gasteiger partial charge in [-0.3, -0.25) is 0 Å². The van der Waals surface area contributed by atoms with E-state index in [1.165, 1.54) is 24.7 Å². The van der Waals surface area contributed by atoms with Crippen LogP contribution in [0.15, 0.2) is 24.3 Å². The van der Waals surface area contributed by atoms with E-state index in [2.05, 4.69) is 0 Å². The molecule has 0 aliphatic carbocycles. The van der Waals surface area contributed by atoms with Gasteiger partial charge in [0, 0.05) is 11.0 Å². The fourth-order valence-electron chi connectivity index (χ4n) is 1.82. The number of carbonyl (C=O) groups excluding carboxylic acids is 1. The number of rotatable bonds is 3. The van der Waals surface area contributed by atoms with Crippen LogP contribution in [0, 0.1) is 0 Å². The predicted octanol–water partition coefficient (Wildman–Crippen LogP) is 2.97. The van der Waals surface area contributed by atoms with Crippen molar-refractivity contribution in [3.05, 3.63) is 34.7 Å². The third kappa shape index (κ3) is 2.45. The zero-order valence-electron chi connectivity index (χ0n) is 11.8. The van der Waals surface area contributed by atoms with Crippen LogP contribution >= 0.6 is 11.3 Å². The second kappa shape index (κ2) is 4.86. The topological polar surface area (TPSA) is 60.4 Å². The number of fused-ring (bicyclic) bond motifs is 1. The molecule has 6 heteroatoms. The lowest BCUT2D eigenvalue weighted by atomic mass is 10.0. The van der Waals surface area contributed by atoms with Crippen molar-refractivity contribution in [2.45, 2.75) is 18.6 Å². The van der Waals surface area contributed by atoms with Gasteiger partial charge in [0.05, 0.1) is 11.9 Å². The first-order chi connectivity index (χ1) is 9.16. The second-order valence-corrected chi connectivity index (χ2v) is 8.79. The molecule has 0 atom stereocenters. The zero-order chi connectivity index (χ0) is 15.1. The van der Waals surface area contributed by atoms with Crippen molar-refractivity contribution in [3.63, 3.8) is 0 Å². The van der Waals surface area contributed by atoms with Gasteiger partial charge in [-0.05, 0) is 36.9 Å². The predicted molar refractivity (Wildman–Crippen MR) is 81.0 cm³/mol. The SMILES string of the molecule is COC(=O)c1cc2ccc(C(C)(C)S(C)(=O)=O)cc2s1. The first-order valence-electron chi connectivity index (χ1n) is 5.99. The van der Waals surface area contributed by atoms with Gasteiger partial charge >= 0.3 is 5.97 Å². The van der Waals surface area contributed by atoms with Gasteiger partial charge in [-0.2, -0.15) is 0 Å². The smallest absolute Gasteiger partial charge is 0.348 e. The number of carbonyl (C=O) groups is 1. The summed E-state index contributed by atoms with van der Waals surface area (Å²) in [5.41, 5.74) is 0.714.